The van der Waals surface area contributed by atoms with Gasteiger partial charge in [-0.15, -0.1) is 0 Å². The van der Waals surface area contributed by atoms with Gasteiger partial charge >= 0.3 is 0 Å². The molecule has 10 heteroatoms. The van der Waals surface area contributed by atoms with Gasteiger partial charge in [0.05, 0.1) is 37.2 Å². The van der Waals surface area contributed by atoms with Crippen molar-refractivity contribution < 1.29 is 4.74 Å². The molecule has 5 aromatic rings. The summed E-state index contributed by atoms with van der Waals surface area (Å²) in [5, 5.41) is 9.25. The number of rotatable bonds is 11. The molecule has 0 N–H and O–H groups in total. The van der Waals surface area contributed by atoms with Crippen LogP contribution >= 0.6 is 0 Å². The van der Waals surface area contributed by atoms with Crippen LogP contribution in [0.1, 0.15) is 33.9 Å². The third-order valence-corrected chi connectivity index (χ3v) is 9.29. The Morgan fingerprint density at radius 3 is 2.47 bits per heavy atom. The minimum atomic E-state index is 0.628. The highest BCUT2D eigenvalue weighted by Crippen LogP contribution is 2.37. The number of hydrogen-bond donors (Lipinski definition) is 0. The molecule has 1 aliphatic carbocycles. The third kappa shape index (κ3) is 6.63. The molecule has 1 fully saturated rings. The van der Waals surface area contributed by atoms with Crippen molar-refractivity contribution in [1.29, 1.82) is 0 Å². The zero-order chi connectivity index (χ0) is 30.8. The lowest BCUT2D eigenvalue weighted by Crippen LogP contribution is -2.47. The number of benzene rings is 1. The second-order valence-electron chi connectivity index (χ2n) is 12.4. The fraction of sp³-hybridized carbons (Fsp3) is 0.429. The van der Waals surface area contributed by atoms with Gasteiger partial charge in [0.2, 0.25) is 0 Å². The Morgan fingerprint density at radius 2 is 1.67 bits per heavy atom. The minimum Gasteiger partial charge on any atom is -0.383 e. The van der Waals surface area contributed by atoms with E-state index in [1.54, 1.807) is 7.11 Å². The predicted octanol–water partition coefficient (Wildman–Crippen LogP) is 3.62. The van der Waals surface area contributed by atoms with E-state index in [9.17, 15) is 0 Å². The highest BCUT2D eigenvalue weighted by molar-refractivity contribution is 5.73. The Bertz CT molecular complexity index is 1760. The van der Waals surface area contributed by atoms with Gasteiger partial charge in [0.15, 0.2) is 0 Å². The average molecular weight is 606 g/mol. The highest BCUT2D eigenvalue weighted by Gasteiger charge is 2.25. The summed E-state index contributed by atoms with van der Waals surface area (Å²) < 4.78 is 11.4. The van der Waals surface area contributed by atoms with E-state index in [0.717, 1.165) is 94.5 Å². The molecule has 0 radical (unpaired) electrons. The van der Waals surface area contributed by atoms with Crippen LogP contribution in [0.2, 0.25) is 0 Å². The Morgan fingerprint density at radius 1 is 0.844 bits per heavy atom. The van der Waals surface area contributed by atoms with Gasteiger partial charge in [0.1, 0.15) is 5.82 Å². The first-order valence-corrected chi connectivity index (χ1v) is 16.1. The first-order valence-electron chi connectivity index (χ1n) is 16.1. The van der Waals surface area contributed by atoms with Gasteiger partial charge in [-0.2, -0.15) is 10.2 Å². The van der Waals surface area contributed by atoms with Crippen molar-refractivity contribution in [2.24, 2.45) is 14.1 Å². The van der Waals surface area contributed by atoms with E-state index in [1.807, 2.05) is 24.1 Å². The second-order valence-corrected chi connectivity index (χ2v) is 12.4. The molecule has 0 unspecified atom stereocenters. The molecule has 7 rings (SSSR count). The van der Waals surface area contributed by atoms with Crippen LogP contribution in [-0.4, -0.2) is 96.9 Å². The maximum atomic E-state index is 5.23. The number of aryl methyl sites for hydroxylation is 4. The van der Waals surface area contributed by atoms with Gasteiger partial charge in [-0.1, -0.05) is 24.3 Å². The normalized spacial score (nSPS) is 15.4. The molecule has 45 heavy (non-hydrogen) atoms. The minimum absolute atomic E-state index is 0.628. The van der Waals surface area contributed by atoms with Crippen LogP contribution in [0.15, 0.2) is 61.3 Å². The van der Waals surface area contributed by atoms with Gasteiger partial charge in [0, 0.05) is 109 Å². The van der Waals surface area contributed by atoms with Crippen LogP contribution < -0.4 is 0 Å². The topological polar surface area (TPSA) is 82.1 Å². The van der Waals surface area contributed by atoms with E-state index in [0.29, 0.717) is 6.42 Å². The molecular formula is C35H43N9O. The molecule has 1 aromatic carbocycles. The van der Waals surface area contributed by atoms with E-state index < -0.39 is 0 Å². The van der Waals surface area contributed by atoms with E-state index in [2.05, 4.69) is 80.1 Å². The molecule has 0 saturated carbocycles. The summed E-state index contributed by atoms with van der Waals surface area (Å²) in [6.07, 6.45) is 13.9. The lowest BCUT2D eigenvalue weighted by molar-refractivity contribution is 0.0948. The fourth-order valence-corrected chi connectivity index (χ4v) is 6.74. The molecule has 1 aliphatic heterocycles. The summed E-state index contributed by atoms with van der Waals surface area (Å²) in [6.45, 7) is 8.13. The van der Waals surface area contributed by atoms with Gasteiger partial charge in [0.25, 0.3) is 0 Å². The summed E-state index contributed by atoms with van der Waals surface area (Å²) in [6, 6.07) is 10.9. The monoisotopic (exact) mass is 605 g/mol. The van der Waals surface area contributed by atoms with Crippen LogP contribution in [0.3, 0.4) is 0 Å². The second kappa shape index (κ2) is 13.1. The number of nitrogens with zero attached hydrogens (tertiary/aromatic N) is 9. The SMILES string of the molecule is COCCN1CCN(CCn2ccc(Cc3ncc4c(n3)-c3c(cn(C)c3Cc3cccc(-c5cnn(C)c5)c3)CC4)n2)CC1. The van der Waals surface area contributed by atoms with E-state index in [-0.39, 0.29) is 0 Å². The summed E-state index contributed by atoms with van der Waals surface area (Å²) in [5.74, 6) is 0.826. The van der Waals surface area contributed by atoms with E-state index in [4.69, 9.17) is 19.8 Å². The van der Waals surface area contributed by atoms with Crippen molar-refractivity contribution in [3.63, 3.8) is 0 Å². The van der Waals surface area contributed by atoms with Crippen LogP contribution in [0.25, 0.3) is 22.4 Å². The molecule has 0 atom stereocenters. The molecular weight excluding hydrogens is 562 g/mol. The first-order chi connectivity index (χ1) is 22.0. The maximum absolute atomic E-state index is 5.23. The summed E-state index contributed by atoms with van der Waals surface area (Å²) >= 11 is 0. The van der Waals surface area contributed by atoms with Crippen LogP contribution in [0.5, 0.6) is 0 Å². The highest BCUT2D eigenvalue weighted by atomic mass is 16.5. The fourth-order valence-electron chi connectivity index (χ4n) is 6.74. The molecule has 0 bridgehead atoms. The van der Waals surface area contributed by atoms with Gasteiger partial charge in [-0.05, 0) is 41.2 Å². The molecule has 4 aromatic heterocycles. The smallest absolute Gasteiger partial charge is 0.134 e. The Labute approximate surface area is 265 Å². The zero-order valence-electron chi connectivity index (χ0n) is 26.7. The van der Waals surface area contributed by atoms with Crippen molar-refractivity contribution in [2.75, 3.05) is 53.0 Å². The van der Waals surface area contributed by atoms with Crippen LogP contribution in [0, 0.1) is 0 Å². The molecule has 5 heterocycles. The molecule has 0 amide bonds. The molecule has 234 valence electrons. The maximum Gasteiger partial charge on any atom is 0.134 e. The van der Waals surface area contributed by atoms with E-state index >= 15 is 0 Å². The van der Waals surface area contributed by atoms with Crippen LogP contribution in [0.4, 0.5) is 0 Å². The van der Waals surface area contributed by atoms with Gasteiger partial charge in [-0.3, -0.25) is 19.2 Å². The van der Waals surface area contributed by atoms with Crippen molar-refractivity contribution in [3.05, 3.63) is 95.2 Å². The average Bonchev–Trinajstić information content (AvgIpc) is 3.78. The molecule has 10 nitrogen and oxygen atoms in total. The Hall–Kier alpha value is -4.12. The lowest BCUT2D eigenvalue weighted by atomic mass is 9.90. The van der Waals surface area contributed by atoms with Gasteiger partial charge in [-0.25, -0.2) is 9.97 Å². The third-order valence-electron chi connectivity index (χ3n) is 9.29. The number of fused-ring (bicyclic) bond motifs is 3. The summed E-state index contributed by atoms with van der Waals surface area (Å²) in [7, 11) is 5.89. The number of methoxy groups -OCH3 is 1. The predicted molar refractivity (Wildman–Crippen MR) is 175 cm³/mol. The number of ether oxygens (including phenoxy) is 1. The van der Waals surface area contributed by atoms with Crippen molar-refractivity contribution in [1.82, 2.24) is 43.9 Å². The Kier molecular flexibility index (Phi) is 8.60. The van der Waals surface area contributed by atoms with Crippen molar-refractivity contribution in [2.45, 2.75) is 32.2 Å². The van der Waals surface area contributed by atoms with E-state index in [1.165, 1.54) is 33.5 Å². The van der Waals surface area contributed by atoms with Crippen LogP contribution in [-0.2, 0) is 51.1 Å². The number of aromatic nitrogens is 7. The van der Waals surface area contributed by atoms with Gasteiger partial charge < -0.3 is 9.30 Å². The zero-order valence-corrected chi connectivity index (χ0v) is 26.7. The molecule has 2 aliphatic rings. The molecule has 0 spiro atoms. The number of piperazine rings is 1. The molecule has 1 saturated heterocycles. The number of hydrogen-bond acceptors (Lipinski definition) is 7. The standard InChI is InChI=1S/C35H43N9O/c1-40-24-29-8-7-28-22-36-33(21-31-9-10-44(39-31)16-15-42-11-13-43(14-12-42)17-18-45-3)38-35(28)34(29)32(40)20-26-5-4-6-27(19-26)30-23-37-41(2)25-30/h4-6,9-10,19,22-25H,7-8,11-18,20-21H2,1-3H3. The summed E-state index contributed by atoms with van der Waals surface area (Å²) in [4.78, 5) is 15.0. The lowest BCUT2D eigenvalue weighted by Gasteiger charge is -2.34. The largest absolute Gasteiger partial charge is 0.383 e. The quantitative estimate of drug-likeness (QED) is 0.228. The Balaban J connectivity index is 1.04. The summed E-state index contributed by atoms with van der Waals surface area (Å²) in [5.41, 5.74) is 10.9. The van der Waals surface area contributed by atoms with Crippen molar-refractivity contribution >= 4 is 0 Å². The van der Waals surface area contributed by atoms with Crippen molar-refractivity contribution in [3.8, 4) is 22.4 Å². The first kappa shape index (κ1) is 29.6.